The van der Waals surface area contributed by atoms with Gasteiger partial charge in [0.15, 0.2) is 6.61 Å². The molecule has 2 aromatic carbocycles. The van der Waals surface area contributed by atoms with E-state index in [9.17, 15) is 14.4 Å². The zero-order chi connectivity index (χ0) is 22.4. The molecule has 0 aromatic heterocycles. The highest BCUT2D eigenvalue weighted by molar-refractivity contribution is 6.00. The molecule has 1 aliphatic heterocycles. The molecule has 2 aromatic rings. The number of ether oxygens (including phenoxy) is 1. The number of hydrogen-bond donors (Lipinski definition) is 1. The smallest absolute Gasteiger partial charge is 0.311 e. The first kappa shape index (κ1) is 22.5. The average Bonchev–Trinajstić information content (AvgIpc) is 3.19. The number of amides is 2. The van der Waals surface area contributed by atoms with Gasteiger partial charge in [-0.2, -0.15) is 0 Å². The molecule has 0 saturated carbocycles. The van der Waals surface area contributed by atoms with E-state index in [1.165, 1.54) is 11.1 Å². The Kier molecular flexibility index (Phi) is 7.45. The van der Waals surface area contributed by atoms with Crippen molar-refractivity contribution in [2.24, 2.45) is 5.92 Å². The molecule has 2 amide bonds. The van der Waals surface area contributed by atoms with Gasteiger partial charge >= 0.3 is 5.97 Å². The van der Waals surface area contributed by atoms with Gasteiger partial charge < -0.3 is 15.0 Å². The number of nitrogens with one attached hydrogen (secondary N) is 1. The van der Waals surface area contributed by atoms with Crippen molar-refractivity contribution in [1.29, 1.82) is 0 Å². The monoisotopic (exact) mass is 422 g/mol. The van der Waals surface area contributed by atoms with Crippen molar-refractivity contribution >= 4 is 29.2 Å². The van der Waals surface area contributed by atoms with E-state index in [4.69, 9.17) is 4.74 Å². The SMILES string of the molecule is CCc1ccc(N2C[C@H](C(=O)OCC(=O)Nc3ccc([C@@H](C)CC)cc3)CC2=O)cc1. The fraction of sp³-hybridized carbons (Fsp3) is 0.400. The summed E-state index contributed by atoms with van der Waals surface area (Å²) in [6.45, 7) is 6.25. The number of esters is 1. The van der Waals surface area contributed by atoms with Gasteiger partial charge in [0, 0.05) is 24.3 Å². The number of hydrogen-bond acceptors (Lipinski definition) is 4. The third-order valence-corrected chi connectivity index (χ3v) is 5.84. The van der Waals surface area contributed by atoms with Gasteiger partial charge in [0.1, 0.15) is 0 Å². The molecule has 6 nitrogen and oxygen atoms in total. The highest BCUT2D eigenvalue weighted by Crippen LogP contribution is 2.26. The molecule has 1 heterocycles. The Morgan fingerprint density at radius 3 is 2.39 bits per heavy atom. The van der Waals surface area contributed by atoms with Crippen molar-refractivity contribution in [3.05, 3.63) is 59.7 Å². The van der Waals surface area contributed by atoms with Crippen LogP contribution in [0.25, 0.3) is 0 Å². The molecule has 164 valence electrons. The lowest BCUT2D eigenvalue weighted by molar-refractivity contribution is -0.151. The van der Waals surface area contributed by atoms with Crippen LogP contribution in [-0.4, -0.2) is 30.9 Å². The maximum Gasteiger partial charge on any atom is 0.311 e. The van der Waals surface area contributed by atoms with Crippen molar-refractivity contribution < 1.29 is 19.1 Å². The molecule has 0 aliphatic carbocycles. The van der Waals surface area contributed by atoms with Gasteiger partial charge in [0.25, 0.3) is 5.91 Å². The highest BCUT2D eigenvalue weighted by atomic mass is 16.5. The van der Waals surface area contributed by atoms with Crippen molar-refractivity contribution in [3.63, 3.8) is 0 Å². The summed E-state index contributed by atoms with van der Waals surface area (Å²) in [7, 11) is 0. The number of carbonyl (C=O) groups excluding carboxylic acids is 3. The summed E-state index contributed by atoms with van der Waals surface area (Å²) in [5.41, 5.74) is 3.83. The predicted molar refractivity (Wildman–Crippen MR) is 121 cm³/mol. The number of benzene rings is 2. The Labute approximate surface area is 183 Å². The number of aryl methyl sites for hydroxylation is 1. The Morgan fingerprint density at radius 1 is 1.10 bits per heavy atom. The number of anilines is 2. The molecule has 1 aliphatic rings. The molecule has 1 fully saturated rings. The molecule has 0 bridgehead atoms. The molecule has 0 radical (unpaired) electrons. The van der Waals surface area contributed by atoms with E-state index in [1.54, 1.807) is 4.90 Å². The quantitative estimate of drug-likeness (QED) is 0.644. The first-order valence-corrected chi connectivity index (χ1v) is 10.9. The van der Waals surface area contributed by atoms with Crippen LogP contribution in [0.3, 0.4) is 0 Å². The van der Waals surface area contributed by atoms with E-state index in [1.807, 2.05) is 48.5 Å². The van der Waals surface area contributed by atoms with Gasteiger partial charge in [-0.3, -0.25) is 14.4 Å². The summed E-state index contributed by atoms with van der Waals surface area (Å²) in [4.78, 5) is 38.5. The van der Waals surface area contributed by atoms with Crippen molar-refractivity contribution in [2.45, 2.75) is 46.0 Å². The topological polar surface area (TPSA) is 75.7 Å². The van der Waals surface area contributed by atoms with E-state index < -0.39 is 17.8 Å². The number of nitrogens with zero attached hydrogens (tertiary/aromatic N) is 1. The minimum Gasteiger partial charge on any atom is -0.455 e. The third-order valence-electron chi connectivity index (χ3n) is 5.84. The minimum atomic E-state index is -0.569. The molecule has 31 heavy (non-hydrogen) atoms. The second-order valence-corrected chi connectivity index (χ2v) is 8.01. The largest absolute Gasteiger partial charge is 0.455 e. The summed E-state index contributed by atoms with van der Waals surface area (Å²) >= 11 is 0. The summed E-state index contributed by atoms with van der Waals surface area (Å²) < 4.78 is 5.18. The molecule has 1 saturated heterocycles. The number of carbonyl (C=O) groups is 3. The maximum absolute atomic E-state index is 12.4. The van der Waals surface area contributed by atoms with Crippen LogP contribution in [-0.2, 0) is 25.5 Å². The molecule has 2 atom stereocenters. The summed E-state index contributed by atoms with van der Waals surface area (Å²) in [5, 5.41) is 2.73. The molecular formula is C25H30N2O4. The van der Waals surface area contributed by atoms with Crippen LogP contribution in [0.1, 0.15) is 50.7 Å². The normalized spacial score (nSPS) is 16.8. The van der Waals surface area contributed by atoms with Crippen LogP contribution in [0.2, 0.25) is 0 Å². The molecule has 3 rings (SSSR count). The fourth-order valence-corrected chi connectivity index (χ4v) is 3.61. The van der Waals surface area contributed by atoms with Gasteiger partial charge in [-0.1, -0.05) is 45.0 Å². The van der Waals surface area contributed by atoms with Gasteiger partial charge in [0.05, 0.1) is 5.92 Å². The molecule has 6 heteroatoms. The van der Waals surface area contributed by atoms with Gasteiger partial charge in [-0.25, -0.2) is 0 Å². The van der Waals surface area contributed by atoms with Crippen LogP contribution in [0, 0.1) is 5.92 Å². The lowest BCUT2D eigenvalue weighted by Gasteiger charge is -2.17. The standard InChI is InChI=1S/C25H30N2O4/c1-4-17(3)19-8-10-21(11-9-19)26-23(28)16-31-25(30)20-14-24(29)27(15-20)22-12-6-18(5-2)7-13-22/h6-13,17,20H,4-5,14-16H2,1-3H3,(H,26,28)/t17-,20+/m0/s1. The Balaban J connectivity index is 1.49. The van der Waals surface area contributed by atoms with Crippen LogP contribution < -0.4 is 10.2 Å². The zero-order valence-electron chi connectivity index (χ0n) is 18.4. The van der Waals surface area contributed by atoms with Crippen LogP contribution in [0.15, 0.2) is 48.5 Å². The van der Waals surface area contributed by atoms with E-state index in [-0.39, 0.29) is 25.5 Å². The Morgan fingerprint density at radius 2 is 1.77 bits per heavy atom. The molecule has 0 unspecified atom stereocenters. The Bertz CT molecular complexity index is 922. The maximum atomic E-state index is 12.4. The van der Waals surface area contributed by atoms with Gasteiger partial charge in [-0.05, 0) is 54.2 Å². The molecule has 1 N–H and O–H groups in total. The number of rotatable bonds is 8. The van der Waals surface area contributed by atoms with E-state index in [0.29, 0.717) is 11.6 Å². The summed E-state index contributed by atoms with van der Waals surface area (Å²) in [6, 6.07) is 15.4. The Hall–Kier alpha value is -3.15. The second kappa shape index (κ2) is 10.2. The predicted octanol–water partition coefficient (Wildman–Crippen LogP) is 4.30. The van der Waals surface area contributed by atoms with Crippen molar-refractivity contribution in [1.82, 2.24) is 0 Å². The van der Waals surface area contributed by atoms with Gasteiger partial charge in [-0.15, -0.1) is 0 Å². The first-order valence-electron chi connectivity index (χ1n) is 10.9. The minimum absolute atomic E-state index is 0.0903. The van der Waals surface area contributed by atoms with Crippen LogP contribution >= 0.6 is 0 Å². The van der Waals surface area contributed by atoms with E-state index in [2.05, 4.69) is 26.1 Å². The van der Waals surface area contributed by atoms with Crippen molar-refractivity contribution in [2.75, 3.05) is 23.4 Å². The third kappa shape index (κ3) is 5.72. The first-order chi connectivity index (χ1) is 14.9. The second-order valence-electron chi connectivity index (χ2n) is 8.01. The molecular weight excluding hydrogens is 392 g/mol. The fourth-order valence-electron chi connectivity index (χ4n) is 3.61. The van der Waals surface area contributed by atoms with E-state index >= 15 is 0 Å². The van der Waals surface area contributed by atoms with Crippen LogP contribution in [0.4, 0.5) is 11.4 Å². The molecule has 0 spiro atoms. The lowest BCUT2D eigenvalue weighted by Crippen LogP contribution is -2.28. The average molecular weight is 423 g/mol. The highest BCUT2D eigenvalue weighted by Gasteiger charge is 2.36. The lowest BCUT2D eigenvalue weighted by atomic mass is 9.99. The van der Waals surface area contributed by atoms with Gasteiger partial charge in [0.2, 0.25) is 5.91 Å². The summed E-state index contributed by atoms with van der Waals surface area (Å²) in [6.07, 6.45) is 2.06. The zero-order valence-corrected chi connectivity index (χ0v) is 18.4. The summed E-state index contributed by atoms with van der Waals surface area (Å²) in [5.74, 6) is -1.15. The van der Waals surface area contributed by atoms with E-state index in [0.717, 1.165) is 18.5 Å². The van der Waals surface area contributed by atoms with Crippen LogP contribution in [0.5, 0.6) is 0 Å². The van der Waals surface area contributed by atoms with Crippen molar-refractivity contribution in [3.8, 4) is 0 Å².